The van der Waals surface area contributed by atoms with Crippen LogP contribution >= 0.6 is 12.2 Å². The van der Waals surface area contributed by atoms with Crippen LogP contribution in [-0.2, 0) is 0 Å². The van der Waals surface area contributed by atoms with E-state index in [9.17, 15) is 4.79 Å². The van der Waals surface area contributed by atoms with E-state index in [1.54, 1.807) is 6.07 Å². The maximum absolute atomic E-state index is 12.6. The van der Waals surface area contributed by atoms with Crippen molar-refractivity contribution in [1.29, 1.82) is 0 Å². The van der Waals surface area contributed by atoms with Crippen molar-refractivity contribution in [2.75, 3.05) is 13.1 Å². The Morgan fingerprint density at radius 3 is 2.33 bits per heavy atom. The van der Waals surface area contributed by atoms with E-state index < -0.39 is 0 Å². The summed E-state index contributed by atoms with van der Waals surface area (Å²) >= 11 is 4.98. The number of piperidine rings is 1. The van der Waals surface area contributed by atoms with Crippen LogP contribution in [0.3, 0.4) is 0 Å². The number of nitrogens with zero attached hydrogens (tertiary/aromatic N) is 1. The fourth-order valence-electron chi connectivity index (χ4n) is 3.13. The Hall–Kier alpha value is -1.42. The fraction of sp³-hybridized carbons (Fsp3) is 0.529. The zero-order valence-corrected chi connectivity index (χ0v) is 13.7. The van der Waals surface area contributed by atoms with Gasteiger partial charge in [-0.25, -0.2) is 0 Å². The summed E-state index contributed by atoms with van der Waals surface area (Å²) in [6.45, 7) is 6.20. The third-order valence-electron chi connectivity index (χ3n) is 5.01. The molecule has 0 saturated carbocycles. The lowest BCUT2D eigenvalue weighted by molar-refractivity contribution is 0.0558. The van der Waals surface area contributed by atoms with Gasteiger partial charge in [0.15, 0.2) is 0 Å². The SMILES string of the molecule is CCC1(CC)CCN(C(=O)c2cccc(C(N)=S)c2)CC1. The minimum Gasteiger partial charge on any atom is -0.389 e. The van der Waals surface area contributed by atoms with Crippen molar-refractivity contribution >= 4 is 23.1 Å². The number of carbonyl (C=O) groups excluding carboxylic acids is 1. The highest BCUT2D eigenvalue weighted by Gasteiger charge is 2.33. The van der Waals surface area contributed by atoms with E-state index in [1.165, 1.54) is 12.8 Å². The molecule has 114 valence electrons. The molecule has 0 atom stereocenters. The van der Waals surface area contributed by atoms with Crippen LogP contribution in [0.25, 0.3) is 0 Å². The second kappa shape index (κ2) is 6.56. The number of hydrogen-bond acceptors (Lipinski definition) is 2. The van der Waals surface area contributed by atoms with Gasteiger partial charge < -0.3 is 10.6 Å². The monoisotopic (exact) mass is 304 g/mol. The van der Waals surface area contributed by atoms with Crippen LogP contribution < -0.4 is 5.73 Å². The Morgan fingerprint density at radius 1 is 1.24 bits per heavy atom. The van der Waals surface area contributed by atoms with Gasteiger partial charge in [-0.15, -0.1) is 0 Å². The quantitative estimate of drug-likeness (QED) is 0.868. The summed E-state index contributed by atoms with van der Waals surface area (Å²) in [5.41, 5.74) is 7.50. The molecule has 0 bridgehead atoms. The molecule has 0 spiro atoms. The largest absolute Gasteiger partial charge is 0.389 e. The fourth-order valence-corrected chi connectivity index (χ4v) is 3.26. The summed E-state index contributed by atoms with van der Waals surface area (Å²) in [6.07, 6.45) is 4.59. The van der Waals surface area contributed by atoms with Crippen LogP contribution in [0, 0.1) is 5.41 Å². The maximum Gasteiger partial charge on any atom is 0.253 e. The van der Waals surface area contributed by atoms with E-state index in [4.69, 9.17) is 18.0 Å². The number of benzene rings is 1. The molecular weight excluding hydrogens is 280 g/mol. The zero-order valence-electron chi connectivity index (χ0n) is 12.9. The number of thiocarbonyl (C=S) groups is 1. The minimum atomic E-state index is 0.0916. The molecule has 1 heterocycles. The van der Waals surface area contributed by atoms with E-state index in [0.29, 0.717) is 16.0 Å². The van der Waals surface area contributed by atoms with Gasteiger partial charge in [0.1, 0.15) is 4.99 Å². The molecule has 0 unspecified atom stereocenters. The molecule has 0 aromatic heterocycles. The standard InChI is InChI=1S/C17H24N2OS/c1-3-17(4-2)8-10-19(11-9-17)16(20)14-7-5-6-13(12-14)15(18)21/h5-7,12H,3-4,8-11H2,1-2H3,(H2,18,21). The number of amides is 1. The molecule has 21 heavy (non-hydrogen) atoms. The van der Waals surface area contributed by atoms with Crippen molar-refractivity contribution in [3.8, 4) is 0 Å². The zero-order chi connectivity index (χ0) is 15.5. The average molecular weight is 304 g/mol. The van der Waals surface area contributed by atoms with Crippen molar-refractivity contribution in [2.45, 2.75) is 39.5 Å². The van der Waals surface area contributed by atoms with Crippen LogP contribution in [0.2, 0.25) is 0 Å². The highest BCUT2D eigenvalue weighted by molar-refractivity contribution is 7.80. The molecule has 0 radical (unpaired) electrons. The Morgan fingerprint density at radius 2 is 1.81 bits per heavy atom. The molecule has 1 amide bonds. The normalized spacial score (nSPS) is 17.5. The van der Waals surface area contributed by atoms with Crippen molar-refractivity contribution in [3.63, 3.8) is 0 Å². The first kappa shape index (κ1) is 16.0. The number of rotatable bonds is 4. The lowest BCUT2D eigenvalue weighted by Crippen LogP contribution is -2.42. The first-order valence-electron chi connectivity index (χ1n) is 7.70. The van der Waals surface area contributed by atoms with Gasteiger partial charge in [-0.1, -0.05) is 51.0 Å². The van der Waals surface area contributed by atoms with Gasteiger partial charge in [-0.3, -0.25) is 4.79 Å². The highest BCUT2D eigenvalue weighted by atomic mass is 32.1. The average Bonchev–Trinajstić information content (AvgIpc) is 2.54. The summed E-state index contributed by atoms with van der Waals surface area (Å²) in [5, 5.41) is 0. The first-order chi connectivity index (χ1) is 10.0. The third-order valence-corrected chi connectivity index (χ3v) is 5.24. The lowest BCUT2D eigenvalue weighted by Gasteiger charge is -2.41. The van der Waals surface area contributed by atoms with Crippen molar-refractivity contribution in [3.05, 3.63) is 35.4 Å². The van der Waals surface area contributed by atoms with Crippen molar-refractivity contribution in [2.24, 2.45) is 11.1 Å². The Kier molecular flexibility index (Phi) is 4.99. The molecule has 0 aliphatic carbocycles. The molecule has 4 heteroatoms. The molecule has 1 aromatic rings. The predicted octanol–water partition coefficient (Wildman–Crippen LogP) is 3.36. The molecule has 1 saturated heterocycles. The molecule has 2 rings (SSSR count). The summed E-state index contributed by atoms with van der Waals surface area (Å²) < 4.78 is 0. The highest BCUT2D eigenvalue weighted by Crippen LogP contribution is 2.38. The predicted molar refractivity (Wildman–Crippen MR) is 90.5 cm³/mol. The van der Waals surface area contributed by atoms with E-state index >= 15 is 0 Å². The van der Waals surface area contributed by atoms with E-state index in [2.05, 4.69) is 13.8 Å². The molecule has 1 aliphatic heterocycles. The summed E-state index contributed by atoms with van der Waals surface area (Å²) in [6, 6.07) is 7.32. The van der Waals surface area contributed by atoms with Crippen LogP contribution in [0.4, 0.5) is 0 Å². The van der Waals surface area contributed by atoms with Gasteiger partial charge in [-0.05, 0) is 30.4 Å². The van der Waals surface area contributed by atoms with Crippen LogP contribution in [-0.4, -0.2) is 28.9 Å². The molecule has 1 fully saturated rings. The molecule has 1 aromatic carbocycles. The Bertz CT molecular complexity index is 527. The van der Waals surface area contributed by atoms with E-state index in [1.807, 2.05) is 23.1 Å². The second-order valence-corrected chi connectivity index (χ2v) is 6.38. The third kappa shape index (κ3) is 3.43. The van der Waals surface area contributed by atoms with Gasteiger partial charge in [0.05, 0.1) is 0 Å². The Balaban J connectivity index is 2.08. The molecular formula is C17H24N2OS. The van der Waals surface area contributed by atoms with Crippen molar-refractivity contribution < 1.29 is 4.79 Å². The minimum absolute atomic E-state index is 0.0916. The van der Waals surface area contributed by atoms with Crippen LogP contribution in [0.5, 0.6) is 0 Å². The van der Waals surface area contributed by atoms with Crippen molar-refractivity contribution in [1.82, 2.24) is 4.90 Å². The van der Waals surface area contributed by atoms with Gasteiger partial charge in [0, 0.05) is 24.2 Å². The smallest absolute Gasteiger partial charge is 0.253 e. The van der Waals surface area contributed by atoms with Gasteiger partial charge in [0.25, 0.3) is 5.91 Å². The summed E-state index contributed by atoms with van der Waals surface area (Å²) in [7, 11) is 0. The second-order valence-electron chi connectivity index (χ2n) is 5.94. The number of hydrogen-bond donors (Lipinski definition) is 1. The van der Waals surface area contributed by atoms with E-state index in [-0.39, 0.29) is 5.91 Å². The van der Waals surface area contributed by atoms with Gasteiger partial charge in [-0.2, -0.15) is 0 Å². The van der Waals surface area contributed by atoms with Gasteiger partial charge >= 0.3 is 0 Å². The van der Waals surface area contributed by atoms with E-state index in [0.717, 1.165) is 31.5 Å². The van der Waals surface area contributed by atoms with Crippen LogP contribution in [0.15, 0.2) is 24.3 Å². The first-order valence-corrected chi connectivity index (χ1v) is 8.11. The Labute approximate surface area is 132 Å². The lowest BCUT2D eigenvalue weighted by atomic mass is 9.74. The molecule has 2 N–H and O–H groups in total. The number of likely N-dealkylation sites (tertiary alicyclic amines) is 1. The summed E-state index contributed by atoms with van der Waals surface area (Å²) in [4.78, 5) is 14.9. The molecule has 3 nitrogen and oxygen atoms in total. The maximum atomic E-state index is 12.6. The van der Waals surface area contributed by atoms with Gasteiger partial charge in [0.2, 0.25) is 0 Å². The summed E-state index contributed by atoms with van der Waals surface area (Å²) in [5.74, 6) is 0.0916. The molecule has 1 aliphatic rings. The van der Waals surface area contributed by atoms with Crippen LogP contribution in [0.1, 0.15) is 55.5 Å². The number of nitrogens with two attached hydrogens (primary N) is 1. The number of carbonyl (C=O) groups is 1. The topological polar surface area (TPSA) is 46.3 Å².